The number of aryl methyl sites for hydroxylation is 1. The molecule has 0 saturated heterocycles. The molecule has 76 valence electrons. The van der Waals surface area contributed by atoms with E-state index >= 15 is 0 Å². The SMILES string of the molecule is Cc1[nH]ncc1C(=O)NC/C(N)=N/O. The third-order valence-corrected chi connectivity index (χ3v) is 1.63. The van der Waals surface area contributed by atoms with Gasteiger partial charge in [-0.2, -0.15) is 5.10 Å². The Labute approximate surface area is 80.0 Å². The Bertz CT molecular complexity index is 357. The van der Waals surface area contributed by atoms with Gasteiger partial charge in [0, 0.05) is 5.69 Å². The quantitative estimate of drug-likeness (QED) is 0.219. The number of hydrogen-bond acceptors (Lipinski definition) is 4. The molecule has 1 aromatic rings. The highest BCUT2D eigenvalue weighted by Crippen LogP contribution is 2.00. The van der Waals surface area contributed by atoms with Crippen LogP contribution in [0.25, 0.3) is 0 Å². The zero-order valence-corrected chi connectivity index (χ0v) is 7.61. The van der Waals surface area contributed by atoms with Crippen LogP contribution >= 0.6 is 0 Å². The Morgan fingerprint density at radius 3 is 3.07 bits per heavy atom. The van der Waals surface area contributed by atoms with Gasteiger partial charge in [0.2, 0.25) is 0 Å². The molecule has 1 rings (SSSR count). The summed E-state index contributed by atoms with van der Waals surface area (Å²) < 4.78 is 0. The van der Waals surface area contributed by atoms with Crippen LogP contribution in [0.5, 0.6) is 0 Å². The number of rotatable bonds is 3. The molecule has 1 heterocycles. The van der Waals surface area contributed by atoms with E-state index in [4.69, 9.17) is 10.9 Å². The number of H-pyrrole nitrogens is 1. The molecule has 1 aromatic heterocycles. The van der Waals surface area contributed by atoms with Crippen molar-refractivity contribution in [1.82, 2.24) is 15.5 Å². The fraction of sp³-hybridized carbons (Fsp3) is 0.286. The molecule has 0 atom stereocenters. The van der Waals surface area contributed by atoms with Crippen molar-refractivity contribution in [2.45, 2.75) is 6.92 Å². The topological polar surface area (TPSA) is 116 Å². The number of aromatic nitrogens is 2. The van der Waals surface area contributed by atoms with E-state index in [1.165, 1.54) is 6.20 Å². The van der Waals surface area contributed by atoms with Crippen molar-refractivity contribution in [1.29, 1.82) is 0 Å². The Morgan fingerprint density at radius 1 is 1.86 bits per heavy atom. The van der Waals surface area contributed by atoms with Gasteiger partial charge in [-0.1, -0.05) is 5.16 Å². The third kappa shape index (κ3) is 2.22. The largest absolute Gasteiger partial charge is 0.409 e. The van der Waals surface area contributed by atoms with Gasteiger partial charge in [0.1, 0.15) is 0 Å². The Kier molecular flexibility index (Phi) is 3.05. The number of hydrogen-bond donors (Lipinski definition) is 4. The second-order valence-corrected chi connectivity index (χ2v) is 2.68. The first kappa shape index (κ1) is 10.0. The molecule has 0 fully saturated rings. The molecule has 1 amide bonds. The lowest BCUT2D eigenvalue weighted by atomic mass is 10.2. The first-order valence-corrected chi connectivity index (χ1v) is 3.89. The molecule has 0 aromatic carbocycles. The summed E-state index contributed by atoms with van der Waals surface area (Å²) in [5, 5.41) is 19.7. The molecule has 0 spiro atoms. The van der Waals surface area contributed by atoms with Crippen LogP contribution in [0.4, 0.5) is 0 Å². The van der Waals surface area contributed by atoms with Gasteiger partial charge in [-0.3, -0.25) is 9.89 Å². The molecule has 7 heteroatoms. The molecule has 0 aliphatic carbocycles. The zero-order chi connectivity index (χ0) is 10.6. The van der Waals surface area contributed by atoms with Crippen LogP contribution in [0.1, 0.15) is 16.1 Å². The first-order valence-electron chi connectivity index (χ1n) is 3.89. The van der Waals surface area contributed by atoms with Crippen LogP contribution in [-0.2, 0) is 0 Å². The maximum Gasteiger partial charge on any atom is 0.255 e. The molecule has 0 bridgehead atoms. The van der Waals surface area contributed by atoms with Gasteiger partial charge >= 0.3 is 0 Å². The van der Waals surface area contributed by atoms with Gasteiger partial charge in [0.15, 0.2) is 5.84 Å². The van der Waals surface area contributed by atoms with Crippen LogP contribution in [0.3, 0.4) is 0 Å². The Morgan fingerprint density at radius 2 is 2.57 bits per heavy atom. The fourth-order valence-corrected chi connectivity index (χ4v) is 0.881. The standard InChI is InChI=1S/C7H11N5O2/c1-4-5(2-10-11-4)7(13)9-3-6(8)12-14/h2,14H,3H2,1H3,(H2,8,12)(H,9,13)(H,10,11). The number of nitrogens with zero attached hydrogens (tertiary/aromatic N) is 2. The van der Waals surface area contributed by atoms with Gasteiger partial charge in [0.05, 0.1) is 18.3 Å². The van der Waals surface area contributed by atoms with Gasteiger partial charge in [-0.15, -0.1) is 0 Å². The molecule has 0 aliphatic heterocycles. The fourth-order valence-electron chi connectivity index (χ4n) is 0.881. The summed E-state index contributed by atoms with van der Waals surface area (Å²) in [6.07, 6.45) is 1.41. The average molecular weight is 197 g/mol. The minimum atomic E-state index is -0.317. The van der Waals surface area contributed by atoms with Gasteiger partial charge in [-0.25, -0.2) is 0 Å². The van der Waals surface area contributed by atoms with E-state index in [1.54, 1.807) is 6.92 Å². The van der Waals surface area contributed by atoms with Gasteiger partial charge < -0.3 is 16.3 Å². The van der Waals surface area contributed by atoms with Crippen molar-refractivity contribution >= 4 is 11.7 Å². The van der Waals surface area contributed by atoms with E-state index in [-0.39, 0.29) is 18.3 Å². The second-order valence-electron chi connectivity index (χ2n) is 2.68. The summed E-state index contributed by atoms with van der Waals surface area (Å²) in [6, 6.07) is 0. The van der Waals surface area contributed by atoms with Crippen LogP contribution in [0.2, 0.25) is 0 Å². The van der Waals surface area contributed by atoms with E-state index in [2.05, 4.69) is 20.7 Å². The average Bonchev–Trinajstić information content (AvgIpc) is 2.60. The van der Waals surface area contributed by atoms with Crippen LogP contribution < -0.4 is 11.1 Å². The van der Waals surface area contributed by atoms with Crippen molar-refractivity contribution in [3.63, 3.8) is 0 Å². The summed E-state index contributed by atoms with van der Waals surface area (Å²) in [4.78, 5) is 11.4. The molecule has 0 saturated carbocycles. The second kappa shape index (κ2) is 4.26. The zero-order valence-electron chi connectivity index (χ0n) is 7.61. The summed E-state index contributed by atoms with van der Waals surface area (Å²) in [5.74, 6) is -0.373. The highest BCUT2D eigenvalue weighted by molar-refractivity contribution is 5.97. The van der Waals surface area contributed by atoms with Crippen molar-refractivity contribution in [3.8, 4) is 0 Å². The maximum atomic E-state index is 11.4. The molecule has 14 heavy (non-hydrogen) atoms. The molecular weight excluding hydrogens is 186 g/mol. The first-order chi connectivity index (χ1) is 6.65. The van der Waals surface area contributed by atoms with E-state index in [0.29, 0.717) is 11.3 Å². The van der Waals surface area contributed by atoms with E-state index in [0.717, 1.165) is 0 Å². The lowest BCUT2D eigenvalue weighted by Crippen LogP contribution is -2.33. The molecule has 0 radical (unpaired) electrons. The number of nitrogens with two attached hydrogens (primary N) is 1. The summed E-state index contributed by atoms with van der Waals surface area (Å²) in [7, 11) is 0. The number of oxime groups is 1. The molecule has 5 N–H and O–H groups in total. The van der Waals surface area contributed by atoms with Crippen molar-refractivity contribution in [2.75, 3.05) is 6.54 Å². The van der Waals surface area contributed by atoms with Crippen molar-refractivity contribution < 1.29 is 10.0 Å². The predicted molar refractivity (Wildman–Crippen MR) is 49.1 cm³/mol. The predicted octanol–water partition coefficient (Wildman–Crippen LogP) is -0.806. The number of amides is 1. The van der Waals surface area contributed by atoms with Gasteiger partial charge in [0.25, 0.3) is 5.91 Å². The normalized spacial score (nSPS) is 11.4. The molecular formula is C7H11N5O2. The highest BCUT2D eigenvalue weighted by atomic mass is 16.4. The summed E-state index contributed by atoms with van der Waals surface area (Å²) in [6.45, 7) is 1.73. The minimum Gasteiger partial charge on any atom is -0.409 e. The van der Waals surface area contributed by atoms with E-state index in [1.807, 2.05) is 0 Å². The van der Waals surface area contributed by atoms with E-state index in [9.17, 15) is 4.79 Å². The van der Waals surface area contributed by atoms with E-state index < -0.39 is 0 Å². The van der Waals surface area contributed by atoms with Crippen molar-refractivity contribution in [2.24, 2.45) is 10.9 Å². The lowest BCUT2D eigenvalue weighted by molar-refractivity contribution is 0.0958. The number of carbonyl (C=O) groups excluding carboxylic acids is 1. The Balaban J connectivity index is 2.56. The number of aromatic amines is 1. The monoisotopic (exact) mass is 197 g/mol. The number of amidine groups is 1. The van der Waals surface area contributed by atoms with Crippen LogP contribution in [0, 0.1) is 6.92 Å². The minimum absolute atomic E-state index is 0.0000463. The summed E-state index contributed by atoms with van der Waals surface area (Å²) >= 11 is 0. The molecule has 0 unspecified atom stereocenters. The Hall–Kier alpha value is -2.05. The third-order valence-electron chi connectivity index (χ3n) is 1.63. The number of carbonyl (C=O) groups is 1. The summed E-state index contributed by atoms with van der Waals surface area (Å²) in [5.41, 5.74) is 6.28. The number of nitrogens with one attached hydrogen (secondary N) is 2. The highest BCUT2D eigenvalue weighted by Gasteiger charge is 2.10. The van der Waals surface area contributed by atoms with Crippen LogP contribution in [-0.4, -0.2) is 33.7 Å². The lowest BCUT2D eigenvalue weighted by Gasteiger charge is -2.01. The molecule has 0 aliphatic rings. The maximum absolute atomic E-state index is 11.4. The van der Waals surface area contributed by atoms with Crippen LogP contribution in [0.15, 0.2) is 11.4 Å². The van der Waals surface area contributed by atoms with Gasteiger partial charge in [-0.05, 0) is 6.92 Å². The molecule has 7 nitrogen and oxygen atoms in total. The smallest absolute Gasteiger partial charge is 0.255 e. The van der Waals surface area contributed by atoms with Crippen molar-refractivity contribution in [3.05, 3.63) is 17.5 Å².